The molecule has 0 aliphatic carbocycles. The second kappa shape index (κ2) is 7.06. The largest absolute Gasteiger partial charge is 0.492 e. The first-order valence-corrected chi connectivity index (χ1v) is 6.88. The summed E-state index contributed by atoms with van der Waals surface area (Å²) in [5.41, 5.74) is 2.44. The Morgan fingerprint density at radius 2 is 1.95 bits per heavy atom. The standard InChI is InChI=1S/C17H20FNO/c1-3-19-17(16-10-5-4-7-13(16)2)12-20-15-9-6-8-14(18)11-15/h4-11,17,19H,3,12H2,1-2H3. The third-order valence-electron chi connectivity index (χ3n) is 3.23. The van der Waals surface area contributed by atoms with E-state index >= 15 is 0 Å². The lowest BCUT2D eigenvalue weighted by Gasteiger charge is -2.20. The Hall–Kier alpha value is -1.87. The average molecular weight is 273 g/mol. The van der Waals surface area contributed by atoms with E-state index in [1.54, 1.807) is 12.1 Å². The van der Waals surface area contributed by atoms with Gasteiger partial charge in [0.1, 0.15) is 18.2 Å². The van der Waals surface area contributed by atoms with Crippen LogP contribution in [0.1, 0.15) is 24.1 Å². The van der Waals surface area contributed by atoms with Crippen molar-refractivity contribution in [1.82, 2.24) is 5.32 Å². The fourth-order valence-corrected chi connectivity index (χ4v) is 2.22. The SMILES string of the molecule is CCNC(COc1cccc(F)c1)c1ccccc1C. The molecule has 3 heteroatoms. The third-order valence-corrected chi connectivity index (χ3v) is 3.23. The zero-order valence-electron chi connectivity index (χ0n) is 11.9. The monoisotopic (exact) mass is 273 g/mol. The molecular weight excluding hydrogens is 253 g/mol. The van der Waals surface area contributed by atoms with E-state index in [0.29, 0.717) is 12.4 Å². The van der Waals surface area contributed by atoms with Gasteiger partial charge in [-0.3, -0.25) is 0 Å². The van der Waals surface area contributed by atoms with Crippen molar-refractivity contribution in [1.29, 1.82) is 0 Å². The van der Waals surface area contributed by atoms with Crippen molar-refractivity contribution in [2.45, 2.75) is 19.9 Å². The first-order valence-electron chi connectivity index (χ1n) is 6.88. The quantitative estimate of drug-likeness (QED) is 0.862. The minimum atomic E-state index is -0.279. The molecule has 2 aromatic rings. The van der Waals surface area contributed by atoms with Crippen molar-refractivity contribution in [3.05, 3.63) is 65.5 Å². The summed E-state index contributed by atoms with van der Waals surface area (Å²) >= 11 is 0. The number of rotatable bonds is 6. The molecule has 2 nitrogen and oxygen atoms in total. The van der Waals surface area contributed by atoms with E-state index < -0.39 is 0 Å². The Bertz CT molecular complexity index is 556. The molecule has 106 valence electrons. The number of benzene rings is 2. The summed E-state index contributed by atoms with van der Waals surface area (Å²) in [5.74, 6) is 0.278. The van der Waals surface area contributed by atoms with E-state index in [0.717, 1.165) is 6.54 Å². The summed E-state index contributed by atoms with van der Waals surface area (Å²) in [6, 6.07) is 14.6. The van der Waals surface area contributed by atoms with Crippen LogP contribution in [-0.4, -0.2) is 13.2 Å². The Balaban J connectivity index is 2.08. The van der Waals surface area contributed by atoms with Crippen LogP contribution < -0.4 is 10.1 Å². The highest BCUT2D eigenvalue weighted by atomic mass is 19.1. The molecule has 0 heterocycles. The van der Waals surface area contributed by atoms with E-state index in [2.05, 4.69) is 31.3 Å². The molecule has 0 fully saturated rings. The summed E-state index contributed by atoms with van der Waals surface area (Å²) in [4.78, 5) is 0. The number of halogens is 1. The summed E-state index contributed by atoms with van der Waals surface area (Å²) in [7, 11) is 0. The molecule has 0 aromatic heterocycles. The fraction of sp³-hybridized carbons (Fsp3) is 0.294. The molecule has 1 unspecified atom stereocenters. The Labute approximate surface area is 119 Å². The van der Waals surface area contributed by atoms with Gasteiger partial charge in [-0.25, -0.2) is 4.39 Å². The van der Waals surface area contributed by atoms with Crippen LogP contribution in [0.5, 0.6) is 5.75 Å². The van der Waals surface area contributed by atoms with Gasteiger partial charge < -0.3 is 10.1 Å². The number of ether oxygens (including phenoxy) is 1. The van der Waals surface area contributed by atoms with E-state index in [9.17, 15) is 4.39 Å². The van der Waals surface area contributed by atoms with Crippen molar-refractivity contribution in [3.8, 4) is 5.75 Å². The van der Waals surface area contributed by atoms with Crippen molar-refractivity contribution >= 4 is 0 Å². The Kier molecular flexibility index (Phi) is 5.13. The summed E-state index contributed by atoms with van der Waals surface area (Å²) in [6.45, 7) is 5.48. The molecule has 0 bridgehead atoms. The topological polar surface area (TPSA) is 21.3 Å². The highest BCUT2D eigenvalue weighted by Gasteiger charge is 2.13. The maximum absolute atomic E-state index is 13.1. The van der Waals surface area contributed by atoms with E-state index in [1.165, 1.54) is 23.3 Å². The number of nitrogens with one attached hydrogen (secondary N) is 1. The van der Waals surface area contributed by atoms with Crippen LogP contribution in [0.25, 0.3) is 0 Å². The van der Waals surface area contributed by atoms with Crippen LogP contribution in [0.15, 0.2) is 48.5 Å². The second-order valence-electron chi connectivity index (χ2n) is 4.74. The van der Waals surface area contributed by atoms with Gasteiger partial charge in [0.25, 0.3) is 0 Å². The van der Waals surface area contributed by atoms with Crippen LogP contribution in [0.4, 0.5) is 4.39 Å². The van der Waals surface area contributed by atoms with Gasteiger partial charge in [0.05, 0.1) is 6.04 Å². The van der Waals surface area contributed by atoms with Crippen LogP contribution in [0.2, 0.25) is 0 Å². The van der Waals surface area contributed by atoms with Crippen molar-refractivity contribution in [2.75, 3.05) is 13.2 Å². The number of hydrogen-bond acceptors (Lipinski definition) is 2. The average Bonchev–Trinajstić information content (AvgIpc) is 2.44. The second-order valence-corrected chi connectivity index (χ2v) is 4.74. The highest BCUT2D eigenvalue weighted by Crippen LogP contribution is 2.20. The third kappa shape index (κ3) is 3.81. The van der Waals surface area contributed by atoms with E-state index in [1.807, 2.05) is 12.1 Å². The predicted octanol–water partition coefficient (Wildman–Crippen LogP) is 3.86. The molecule has 20 heavy (non-hydrogen) atoms. The van der Waals surface area contributed by atoms with Crippen molar-refractivity contribution < 1.29 is 9.13 Å². The summed E-state index contributed by atoms with van der Waals surface area (Å²) < 4.78 is 18.8. The summed E-state index contributed by atoms with van der Waals surface area (Å²) in [5, 5.41) is 3.41. The molecule has 0 aliphatic rings. The predicted molar refractivity (Wildman–Crippen MR) is 79.5 cm³/mol. The zero-order valence-corrected chi connectivity index (χ0v) is 11.9. The van der Waals surface area contributed by atoms with Gasteiger partial charge in [0.15, 0.2) is 0 Å². The molecule has 1 atom stereocenters. The van der Waals surface area contributed by atoms with Gasteiger partial charge in [-0.1, -0.05) is 37.3 Å². The molecule has 0 spiro atoms. The molecule has 2 aromatic carbocycles. The maximum atomic E-state index is 13.1. The van der Waals surface area contributed by atoms with Gasteiger partial charge in [0, 0.05) is 6.07 Å². The molecule has 1 N–H and O–H groups in total. The van der Waals surface area contributed by atoms with Gasteiger partial charge >= 0.3 is 0 Å². The molecule has 0 aliphatic heterocycles. The smallest absolute Gasteiger partial charge is 0.126 e. The van der Waals surface area contributed by atoms with Crippen LogP contribution in [0.3, 0.4) is 0 Å². The van der Waals surface area contributed by atoms with Gasteiger partial charge in [-0.2, -0.15) is 0 Å². The van der Waals surface area contributed by atoms with Gasteiger partial charge in [-0.15, -0.1) is 0 Å². The number of hydrogen-bond donors (Lipinski definition) is 1. The molecular formula is C17H20FNO. The van der Waals surface area contributed by atoms with Gasteiger partial charge in [-0.05, 0) is 36.7 Å². The molecule has 0 saturated carbocycles. The fourth-order valence-electron chi connectivity index (χ4n) is 2.22. The number of likely N-dealkylation sites (N-methyl/N-ethyl adjacent to an activating group) is 1. The molecule has 2 rings (SSSR count). The van der Waals surface area contributed by atoms with E-state index in [-0.39, 0.29) is 11.9 Å². The first kappa shape index (κ1) is 14.5. The lowest BCUT2D eigenvalue weighted by molar-refractivity contribution is 0.266. The van der Waals surface area contributed by atoms with Crippen LogP contribution >= 0.6 is 0 Å². The Morgan fingerprint density at radius 3 is 2.65 bits per heavy atom. The van der Waals surface area contributed by atoms with Crippen molar-refractivity contribution in [2.24, 2.45) is 0 Å². The maximum Gasteiger partial charge on any atom is 0.126 e. The summed E-state index contributed by atoms with van der Waals surface area (Å²) in [6.07, 6.45) is 0. The first-order chi connectivity index (χ1) is 9.70. The Morgan fingerprint density at radius 1 is 1.15 bits per heavy atom. The highest BCUT2D eigenvalue weighted by molar-refractivity contribution is 5.29. The minimum Gasteiger partial charge on any atom is -0.492 e. The van der Waals surface area contributed by atoms with Crippen molar-refractivity contribution in [3.63, 3.8) is 0 Å². The minimum absolute atomic E-state index is 0.101. The normalized spacial score (nSPS) is 12.2. The van der Waals surface area contributed by atoms with E-state index in [4.69, 9.17) is 4.74 Å². The lowest BCUT2D eigenvalue weighted by Crippen LogP contribution is -2.27. The van der Waals surface area contributed by atoms with Crippen LogP contribution in [-0.2, 0) is 0 Å². The molecule has 0 radical (unpaired) electrons. The van der Waals surface area contributed by atoms with Gasteiger partial charge in [0.2, 0.25) is 0 Å². The molecule has 0 amide bonds. The zero-order chi connectivity index (χ0) is 14.4. The number of aryl methyl sites for hydroxylation is 1. The van der Waals surface area contributed by atoms with Crippen LogP contribution in [0, 0.1) is 12.7 Å². The lowest BCUT2D eigenvalue weighted by atomic mass is 10.0. The molecule has 0 saturated heterocycles.